The number of esters is 1. The van der Waals surface area contributed by atoms with E-state index in [1.807, 2.05) is 20.8 Å². The molecule has 1 fully saturated rings. The third-order valence-electron chi connectivity index (χ3n) is 2.97. The van der Waals surface area contributed by atoms with Gasteiger partial charge in [-0.2, -0.15) is 0 Å². The fourth-order valence-corrected chi connectivity index (χ4v) is 2.88. The number of amides is 1. The van der Waals surface area contributed by atoms with Crippen LogP contribution < -0.4 is 0 Å². The SMILES string of the molecule is CCOC(=O)c1ncsc1C1CN(C(=O)OC(C)(C)C)C1. The van der Waals surface area contributed by atoms with E-state index in [1.54, 1.807) is 17.3 Å². The number of thiazole rings is 1. The summed E-state index contributed by atoms with van der Waals surface area (Å²) >= 11 is 1.42. The van der Waals surface area contributed by atoms with Crippen molar-refractivity contribution in [3.63, 3.8) is 0 Å². The van der Waals surface area contributed by atoms with Gasteiger partial charge in [0.1, 0.15) is 5.60 Å². The van der Waals surface area contributed by atoms with Crippen LogP contribution >= 0.6 is 11.3 Å². The van der Waals surface area contributed by atoms with Crippen LogP contribution in [0.4, 0.5) is 4.79 Å². The van der Waals surface area contributed by atoms with Gasteiger partial charge in [-0.15, -0.1) is 11.3 Å². The van der Waals surface area contributed by atoms with Crippen molar-refractivity contribution in [1.29, 1.82) is 0 Å². The first-order valence-corrected chi connectivity index (χ1v) is 7.78. The number of hydrogen-bond donors (Lipinski definition) is 0. The van der Waals surface area contributed by atoms with Crippen LogP contribution in [0, 0.1) is 0 Å². The van der Waals surface area contributed by atoms with Gasteiger partial charge in [-0.05, 0) is 27.7 Å². The fourth-order valence-electron chi connectivity index (χ4n) is 2.02. The van der Waals surface area contributed by atoms with E-state index in [2.05, 4.69) is 4.98 Å². The number of nitrogens with zero attached hydrogens (tertiary/aromatic N) is 2. The normalized spacial score (nSPS) is 15.5. The Labute approximate surface area is 128 Å². The molecule has 21 heavy (non-hydrogen) atoms. The number of carbonyl (C=O) groups excluding carboxylic acids is 2. The molecule has 1 amide bonds. The summed E-state index contributed by atoms with van der Waals surface area (Å²) < 4.78 is 10.3. The minimum atomic E-state index is -0.497. The summed E-state index contributed by atoms with van der Waals surface area (Å²) in [5, 5.41) is 0. The highest BCUT2D eigenvalue weighted by Gasteiger charge is 2.37. The van der Waals surface area contributed by atoms with E-state index in [1.165, 1.54) is 11.3 Å². The van der Waals surface area contributed by atoms with Crippen LogP contribution in [0.15, 0.2) is 5.51 Å². The largest absolute Gasteiger partial charge is 0.461 e. The monoisotopic (exact) mass is 312 g/mol. The number of hydrogen-bond acceptors (Lipinski definition) is 6. The van der Waals surface area contributed by atoms with Gasteiger partial charge in [0, 0.05) is 23.9 Å². The molecule has 0 atom stereocenters. The second kappa shape index (κ2) is 6.01. The Balaban J connectivity index is 1.95. The van der Waals surface area contributed by atoms with Crippen LogP contribution in [0.25, 0.3) is 0 Å². The molecule has 0 spiro atoms. The molecule has 6 nitrogen and oxygen atoms in total. The molecule has 1 saturated heterocycles. The number of carbonyl (C=O) groups is 2. The van der Waals surface area contributed by atoms with Crippen molar-refractivity contribution < 1.29 is 19.1 Å². The Morgan fingerprint density at radius 3 is 2.67 bits per heavy atom. The summed E-state index contributed by atoms with van der Waals surface area (Å²) in [5.41, 5.74) is 1.51. The molecule has 0 bridgehead atoms. The van der Waals surface area contributed by atoms with E-state index < -0.39 is 11.6 Å². The van der Waals surface area contributed by atoms with Crippen LogP contribution in [0.3, 0.4) is 0 Å². The maximum atomic E-state index is 11.9. The van der Waals surface area contributed by atoms with E-state index in [4.69, 9.17) is 9.47 Å². The van der Waals surface area contributed by atoms with Crippen molar-refractivity contribution in [1.82, 2.24) is 9.88 Å². The number of likely N-dealkylation sites (tertiary alicyclic amines) is 1. The molecule has 0 aromatic carbocycles. The van der Waals surface area contributed by atoms with Crippen LogP contribution in [0.2, 0.25) is 0 Å². The summed E-state index contributed by atoms with van der Waals surface area (Å²) in [6.45, 7) is 8.69. The van der Waals surface area contributed by atoms with Gasteiger partial charge in [0.15, 0.2) is 5.69 Å². The third kappa shape index (κ3) is 3.72. The van der Waals surface area contributed by atoms with Gasteiger partial charge < -0.3 is 14.4 Å². The molecule has 1 aromatic heterocycles. The average molecular weight is 312 g/mol. The Bertz CT molecular complexity index is 529. The maximum Gasteiger partial charge on any atom is 0.410 e. The van der Waals surface area contributed by atoms with Crippen molar-refractivity contribution in [2.45, 2.75) is 39.2 Å². The second-order valence-electron chi connectivity index (χ2n) is 5.87. The predicted molar refractivity (Wildman–Crippen MR) is 78.6 cm³/mol. The van der Waals surface area contributed by atoms with E-state index in [-0.39, 0.29) is 12.0 Å². The van der Waals surface area contributed by atoms with Crippen molar-refractivity contribution in [3.8, 4) is 0 Å². The smallest absolute Gasteiger partial charge is 0.410 e. The first-order valence-electron chi connectivity index (χ1n) is 6.90. The van der Waals surface area contributed by atoms with Crippen molar-refractivity contribution in [3.05, 3.63) is 16.1 Å². The fraction of sp³-hybridized carbons (Fsp3) is 0.643. The van der Waals surface area contributed by atoms with E-state index in [9.17, 15) is 9.59 Å². The zero-order chi connectivity index (χ0) is 15.6. The Hall–Kier alpha value is -1.63. The standard InChI is InChI=1S/C14H20N2O4S/c1-5-19-12(17)10-11(21-8-15-10)9-6-16(7-9)13(18)20-14(2,3)4/h8-9H,5-7H2,1-4H3. The minimum absolute atomic E-state index is 0.129. The van der Waals surface area contributed by atoms with Gasteiger partial charge in [-0.3, -0.25) is 0 Å². The first-order chi connectivity index (χ1) is 9.81. The van der Waals surface area contributed by atoms with E-state index in [0.717, 1.165) is 4.88 Å². The van der Waals surface area contributed by atoms with Crippen LogP contribution in [0.1, 0.15) is 49.0 Å². The molecular weight excluding hydrogens is 292 g/mol. The molecule has 116 valence electrons. The number of aromatic nitrogens is 1. The zero-order valence-electron chi connectivity index (χ0n) is 12.7. The lowest BCUT2D eigenvalue weighted by Gasteiger charge is -2.39. The van der Waals surface area contributed by atoms with E-state index in [0.29, 0.717) is 25.4 Å². The van der Waals surface area contributed by atoms with Crippen LogP contribution in [-0.2, 0) is 9.47 Å². The highest BCUT2D eigenvalue weighted by atomic mass is 32.1. The molecule has 1 aromatic rings. The minimum Gasteiger partial charge on any atom is -0.461 e. The van der Waals surface area contributed by atoms with E-state index >= 15 is 0 Å². The van der Waals surface area contributed by atoms with Crippen molar-refractivity contribution in [2.75, 3.05) is 19.7 Å². The number of rotatable bonds is 3. The van der Waals surface area contributed by atoms with Crippen molar-refractivity contribution in [2.24, 2.45) is 0 Å². The average Bonchev–Trinajstić information content (AvgIpc) is 2.73. The summed E-state index contributed by atoms with van der Waals surface area (Å²) in [6, 6.07) is 0. The Kier molecular flexibility index (Phi) is 4.51. The van der Waals surface area contributed by atoms with Gasteiger partial charge >= 0.3 is 12.1 Å². The molecule has 0 aliphatic carbocycles. The lowest BCUT2D eigenvalue weighted by Crippen LogP contribution is -2.50. The quantitative estimate of drug-likeness (QED) is 0.803. The molecule has 0 saturated carbocycles. The van der Waals surface area contributed by atoms with Gasteiger partial charge in [-0.1, -0.05) is 0 Å². The number of ether oxygens (including phenoxy) is 2. The topological polar surface area (TPSA) is 68.7 Å². The highest BCUT2D eigenvalue weighted by Crippen LogP contribution is 2.33. The lowest BCUT2D eigenvalue weighted by atomic mass is 9.97. The summed E-state index contributed by atoms with van der Waals surface area (Å²) in [6.07, 6.45) is -0.319. The van der Waals surface area contributed by atoms with Crippen LogP contribution in [0.5, 0.6) is 0 Å². The molecule has 2 rings (SSSR count). The summed E-state index contributed by atoms with van der Waals surface area (Å²) in [4.78, 5) is 30.3. The second-order valence-corrected chi connectivity index (χ2v) is 6.75. The molecular formula is C14H20N2O4S. The van der Waals surface area contributed by atoms with Crippen LogP contribution in [-0.4, -0.2) is 47.2 Å². The first kappa shape index (κ1) is 15.8. The van der Waals surface area contributed by atoms with Crippen molar-refractivity contribution >= 4 is 23.4 Å². The molecule has 7 heteroatoms. The molecule has 0 radical (unpaired) electrons. The predicted octanol–water partition coefficient (Wildman–Crippen LogP) is 2.65. The maximum absolute atomic E-state index is 11.9. The summed E-state index contributed by atoms with van der Waals surface area (Å²) in [5.74, 6) is -0.270. The molecule has 0 unspecified atom stereocenters. The van der Waals surface area contributed by atoms with Gasteiger partial charge in [-0.25, -0.2) is 14.6 Å². The lowest BCUT2D eigenvalue weighted by molar-refractivity contribution is 0.00837. The van der Waals surface area contributed by atoms with Gasteiger partial charge in [0.2, 0.25) is 0 Å². The summed E-state index contributed by atoms with van der Waals surface area (Å²) in [7, 11) is 0. The zero-order valence-corrected chi connectivity index (χ0v) is 13.5. The molecule has 1 aliphatic heterocycles. The van der Waals surface area contributed by atoms with Gasteiger partial charge in [0.25, 0.3) is 0 Å². The Morgan fingerprint density at radius 2 is 2.10 bits per heavy atom. The highest BCUT2D eigenvalue weighted by molar-refractivity contribution is 7.10. The molecule has 0 N–H and O–H groups in total. The molecule has 1 aliphatic rings. The Morgan fingerprint density at radius 1 is 1.43 bits per heavy atom. The molecule has 2 heterocycles. The third-order valence-corrected chi connectivity index (χ3v) is 3.96. The van der Waals surface area contributed by atoms with Gasteiger partial charge in [0.05, 0.1) is 12.1 Å².